The highest BCUT2D eigenvalue weighted by atomic mass is 16.8. The highest BCUT2D eigenvalue weighted by Crippen LogP contribution is 2.36. The molecule has 2 aliphatic heterocycles. The number of carbonyl (C=O) groups excluding carboxylic acids is 1. The summed E-state index contributed by atoms with van der Waals surface area (Å²) in [7, 11) is 0. The molecule has 2 saturated heterocycles. The molecular formula is C22H40O12. The van der Waals surface area contributed by atoms with Crippen molar-refractivity contribution in [3.8, 4) is 0 Å². The fraction of sp³-hybridized carbons (Fsp3) is 0.955. The molecule has 9 unspecified atom stereocenters. The van der Waals surface area contributed by atoms with Gasteiger partial charge in [-0.3, -0.25) is 4.79 Å². The molecule has 34 heavy (non-hydrogen) atoms. The molecule has 7 N–H and O–H groups in total. The Morgan fingerprint density at radius 2 is 1.50 bits per heavy atom. The zero-order valence-corrected chi connectivity index (χ0v) is 19.6. The predicted octanol–water partition coefficient (Wildman–Crippen LogP) is -1.70. The molecular weight excluding hydrogens is 456 g/mol. The third kappa shape index (κ3) is 7.29. The number of aliphatic hydroxyl groups is 7. The lowest BCUT2D eigenvalue weighted by Gasteiger charge is -2.43. The second-order valence-electron chi connectivity index (χ2n) is 8.93. The van der Waals surface area contributed by atoms with E-state index in [1.54, 1.807) is 0 Å². The molecule has 0 aliphatic carbocycles. The van der Waals surface area contributed by atoms with Crippen LogP contribution in [0.3, 0.4) is 0 Å². The van der Waals surface area contributed by atoms with E-state index in [-0.39, 0.29) is 6.42 Å². The molecule has 0 amide bonds. The van der Waals surface area contributed by atoms with Crippen LogP contribution >= 0.6 is 0 Å². The largest absolute Gasteiger partial charge is 0.463 e. The van der Waals surface area contributed by atoms with Gasteiger partial charge in [-0.15, -0.1) is 0 Å². The second-order valence-corrected chi connectivity index (χ2v) is 8.93. The third-order valence-electron chi connectivity index (χ3n) is 6.28. The smallest absolute Gasteiger partial charge is 0.305 e. The van der Waals surface area contributed by atoms with Crippen LogP contribution in [-0.4, -0.2) is 116 Å². The Kier molecular flexibility index (Phi) is 12.0. The summed E-state index contributed by atoms with van der Waals surface area (Å²) in [6, 6.07) is 0. The quantitative estimate of drug-likeness (QED) is 0.106. The maximum absolute atomic E-state index is 12.0. The van der Waals surface area contributed by atoms with Crippen LogP contribution in [0.15, 0.2) is 0 Å². The van der Waals surface area contributed by atoms with E-state index in [1.165, 1.54) is 19.3 Å². The topological polar surface area (TPSA) is 196 Å². The molecule has 2 aliphatic rings. The lowest BCUT2D eigenvalue weighted by atomic mass is 9.99. The minimum Gasteiger partial charge on any atom is -0.463 e. The van der Waals surface area contributed by atoms with Crippen LogP contribution in [0.25, 0.3) is 0 Å². The van der Waals surface area contributed by atoms with E-state index in [1.807, 2.05) is 0 Å². The molecule has 0 saturated carbocycles. The first kappa shape index (κ1) is 29.3. The molecule has 0 aromatic rings. The average molecular weight is 497 g/mol. The molecule has 0 aromatic heterocycles. The molecule has 9 atom stereocenters. The van der Waals surface area contributed by atoms with E-state index in [2.05, 4.69) is 6.92 Å². The molecule has 2 heterocycles. The zero-order valence-electron chi connectivity index (χ0n) is 19.6. The van der Waals surface area contributed by atoms with Gasteiger partial charge in [-0.05, 0) is 6.42 Å². The van der Waals surface area contributed by atoms with Crippen molar-refractivity contribution in [3.05, 3.63) is 0 Å². The molecule has 12 nitrogen and oxygen atoms in total. The van der Waals surface area contributed by atoms with Gasteiger partial charge in [0, 0.05) is 6.42 Å². The molecule has 0 aromatic carbocycles. The van der Waals surface area contributed by atoms with Crippen molar-refractivity contribution in [3.63, 3.8) is 0 Å². The highest BCUT2D eigenvalue weighted by molar-refractivity contribution is 5.69. The van der Waals surface area contributed by atoms with Gasteiger partial charge in [-0.2, -0.15) is 0 Å². The summed E-state index contributed by atoms with van der Waals surface area (Å²) in [5, 5.41) is 69.9. The summed E-state index contributed by atoms with van der Waals surface area (Å²) in [6.07, 6.45) is -5.45. The van der Waals surface area contributed by atoms with Crippen molar-refractivity contribution in [2.75, 3.05) is 19.8 Å². The Labute approximate surface area is 199 Å². The van der Waals surface area contributed by atoms with Crippen molar-refractivity contribution in [1.29, 1.82) is 0 Å². The molecule has 0 radical (unpaired) electrons. The Balaban J connectivity index is 1.88. The number of esters is 1. The number of unbranched alkanes of at least 4 members (excludes halogenated alkanes) is 6. The Morgan fingerprint density at radius 3 is 2.09 bits per heavy atom. The summed E-state index contributed by atoms with van der Waals surface area (Å²) in [4.78, 5) is 12.0. The number of ether oxygens (including phenoxy) is 4. The standard InChI is InChI=1S/C22H40O12/c1-2-3-4-5-6-7-8-9-15(25)31-11-14-16(26)18(28)19(29)21(32-14)34-22(12-24)20(30)17(27)13(10-23)33-22/h13-14,16-21,23-24,26-30H,2-12H2,1H3. The third-order valence-corrected chi connectivity index (χ3v) is 6.28. The van der Waals surface area contributed by atoms with Gasteiger partial charge >= 0.3 is 5.97 Å². The zero-order chi connectivity index (χ0) is 25.3. The first-order valence-corrected chi connectivity index (χ1v) is 12.0. The van der Waals surface area contributed by atoms with E-state index in [0.717, 1.165) is 19.3 Å². The van der Waals surface area contributed by atoms with E-state index in [9.17, 15) is 40.5 Å². The summed E-state index contributed by atoms with van der Waals surface area (Å²) in [6.45, 7) is 0.0448. The number of hydrogen-bond acceptors (Lipinski definition) is 12. The fourth-order valence-corrected chi connectivity index (χ4v) is 4.09. The Morgan fingerprint density at radius 1 is 0.853 bits per heavy atom. The minimum absolute atomic E-state index is 0.190. The van der Waals surface area contributed by atoms with Crippen LogP contribution in [0.4, 0.5) is 0 Å². The molecule has 12 heteroatoms. The highest BCUT2D eigenvalue weighted by Gasteiger charge is 2.58. The number of rotatable bonds is 14. The van der Waals surface area contributed by atoms with E-state index >= 15 is 0 Å². The summed E-state index contributed by atoms with van der Waals surface area (Å²) in [5.41, 5.74) is 0. The van der Waals surface area contributed by atoms with Crippen LogP contribution in [0, 0.1) is 0 Å². The first-order valence-electron chi connectivity index (χ1n) is 12.0. The summed E-state index contributed by atoms with van der Waals surface area (Å²) >= 11 is 0. The fourth-order valence-electron chi connectivity index (χ4n) is 4.09. The normalized spacial score (nSPS) is 38.2. The SMILES string of the molecule is CCCCCCCCCC(=O)OCC1OC(OC2(CO)OC(CO)C(O)C2O)C(O)C(O)C1O. The predicted molar refractivity (Wildman–Crippen MR) is 115 cm³/mol. The lowest BCUT2D eigenvalue weighted by Crippen LogP contribution is -2.62. The maximum Gasteiger partial charge on any atom is 0.305 e. The molecule has 0 bridgehead atoms. The van der Waals surface area contributed by atoms with Crippen LogP contribution < -0.4 is 0 Å². The molecule has 0 spiro atoms. The van der Waals surface area contributed by atoms with E-state index in [4.69, 9.17) is 18.9 Å². The summed E-state index contributed by atoms with van der Waals surface area (Å²) < 4.78 is 21.3. The number of aliphatic hydroxyl groups excluding tert-OH is 7. The minimum atomic E-state index is -2.27. The van der Waals surface area contributed by atoms with Gasteiger partial charge in [-0.25, -0.2) is 0 Å². The van der Waals surface area contributed by atoms with Gasteiger partial charge < -0.3 is 54.7 Å². The Hall–Kier alpha value is -0.930. The van der Waals surface area contributed by atoms with Gasteiger partial charge in [0.2, 0.25) is 5.79 Å². The van der Waals surface area contributed by atoms with Gasteiger partial charge in [0.05, 0.1) is 6.61 Å². The van der Waals surface area contributed by atoms with Crippen molar-refractivity contribution in [2.24, 2.45) is 0 Å². The molecule has 2 fully saturated rings. The summed E-state index contributed by atoms with van der Waals surface area (Å²) in [5.74, 6) is -2.77. The lowest BCUT2D eigenvalue weighted by molar-refractivity contribution is -0.383. The van der Waals surface area contributed by atoms with Gasteiger partial charge in [-0.1, -0.05) is 45.4 Å². The van der Waals surface area contributed by atoms with Gasteiger partial charge in [0.15, 0.2) is 6.29 Å². The molecule has 2 rings (SSSR count). The van der Waals surface area contributed by atoms with Gasteiger partial charge in [0.1, 0.15) is 55.9 Å². The average Bonchev–Trinajstić information content (AvgIpc) is 3.08. The van der Waals surface area contributed by atoms with Crippen molar-refractivity contribution in [2.45, 2.75) is 113 Å². The van der Waals surface area contributed by atoms with E-state index in [0.29, 0.717) is 6.42 Å². The van der Waals surface area contributed by atoms with Crippen LogP contribution in [0.2, 0.25) is 0 Å². The second kappa shape index (κ2) is 14.0. The van der Waals surface area contributed by atoms with Gasteiger partial charge in [0.25, 0.3) is 0 Å². The van der Waals surface area contributed by atoms with Crippen LogP contribution in [-0.2, 0) is 23.7 Å². The molecule has 200 valence electrons. The van der Waals surface area contributed by atoms with Crippen molar-refractivity contribution < 1.29 is 59.5 Å². The van der Waals surface area contributed by atoms with Crippen molar-refractivity contribution >= 4 is 5.97 Å². The van der Waals surface area contributed by atoms with Crippen LogP contribution in [0.5, 0.6) is 0 Å². The van der Waals surface area contributed by atoms with E-state index < -0.39 is 80.6 Å². The Bertz CT molecular complexity index is 606. The number of carbonyl (C=O) groups is 1. The van der Waals surface area contributed by atoms with Crippen LogP contribution in [0.1, 0.15) is 58.3 Å². The maximum atomic E-state index is 12.0. The first-order chi connectivity index (χ1) is 16.2. The van der Waals surface area contributed by atoms with Crippen molar-refractivity contribution in [1.82, 2.24) is 0 Å². The monoisotopic (exact) mass is 496 g/mol. The number of hydrogen-bond donors (Lipinski definition) is 7.